The summed E-state index contributed by atoms with van der Waals surface area (Å²) in [6, 6.07) is 1.67. The van der Waals surface area contributed by atoms with Gasteiger partial charge in [-0.3, -0.25) is 4.79 Å². The number of amides is 1. The summed E-state index contributed by atoms with van der Waals surface area (Å²) < 4.78 is 9.78. The zero-order chi connectivity index (χ0) is 21.0. The van der Waals surface area contributed by atoms with Crippen molar-refractivity contribution in [2.24, 2.45) is 0 Å². The fraction of sp³-hybridized carbons (Fsp3) is 0.222. The lowest BCUT2D eigenvalue weighted by Crippen LogP contribution is -2.21. The molecule has 1 amide bonds. The molecule has 0 aromatic carbocycles. The zero-order valence-electron chi connectivity index (χ0n) is 15.7. The van der Waals surface area contributed by atoms with Crippen LogP contribution in [-0.2, 0) is 14.3 Å². The molecule has 0 aliphatic heterocycles. The average molecular weight is 432 g/mol. The second-order valence-corrected chi connectivity index (χ2v) is 7.80. The van der Waals surface area contributed by atoms with Crippen molar-refractivity contribution in [1.29, 1.82) is 0 Å². The van der Waals surface area contributed by atoms with Crippen LogP contribution in [0.25, 0.3) is 10.8 Å². The minimum absolute atomic E-state index is 0.0586. The lowest BCUT2D eigenvalue weighted by molar-refractivity contribution is -0.119. The molecule has 0 bridgehead atoms. The maximum atomic E-state index is 12.2. The van der Waals surface area contributed by atoms with Gasteiger partial charge in [0, 0.05) is 22.7 Å². The minimum atomic E-state index is -0.745. The van der Waals surface area contributed by atoms with Crippen LogP contribution < -0.4 is 5.32 Å². The quantitative estimate of drug-likeness (QED) is 0.590. The Hall–Kier alpha value is -3.18. The molecule has 0 atom stereocenters. The molecule has 29 heavy (non-hydrogen) atoms. The van der Waals surface area contributed by atoms with Gasteiger partial charge in [-0.05, 0) is 25.5 Å². The van der Waals surface area contributed by atoms with Crippen LogP contribution in [0.2, 0.25) is 0 Å². The van der Waals surface area contributed by atoms with Crippen LogP contribution >= 0.6 is 22.7 Å². The molecule has 11 heteroatoms. The van der Waals surface area contributed by atoms with Crippen LogP contribution in [0.15, 0.2) is 23.8 Å². The number of hydrogen-bond acceptors (Lipinski definition) is 10. The van der Waals surface area contributed by atoms with Crippen LogP contribution in [0.1, 0.15) is 31.3 Å². The number of carbonyl (C=O) groups is 3. The average Bonchev–Trinajstić information content (AvgIpc) is 3.32. The lowest BCUT2D eigenvalue weighted by Gasteiger charge is -2.06. The number of rotatable bonds is 6. The van der Waals surface area contributed by atoms with E-state index >= 15 is 0 Å². The first-order chi connectivity index (χ1) is 13.9. The molecule has 1 N–H and O–H groups in total. The molecule has 0 saturated carbocycles. The van der Waals surface area contributed by atoms with E-state index in [9.17, 15) is 14.4 Å². The summed E-state index contributed by atoms with van der Waals surface area (Å²) in [5.74, 6) is -1.47. The molecule has 0 radical (unpaired) electrons. The first kappa shape index (κ1) is 20.6. The van der Waals surface area contributed by atoms with Gasteiger partial charge >= 0.3 is 11.9 Å². The minimum Gasteiger partial charge on any atom is -0.465 e. The van der Waals surface area contributed by atoms with E-state index in [1.807, 2.05) is 6.92 Å². The zero-order valence-corrected chi connectivity index (χ0v) is 17.3. The van der Waals surface area contributed by atoms with Gasteiger partial charge in [-0.25, -0.2) is 24.5 Å². The number of thiophene rings is 1. The fourth-order valence-electron chi connectivity index (χ4n) is 2.31. The van der Waals surface area contributed by atoms with Crippen LogP contribution in [0.4, 0.5) is 5.00 Å². The number of nitrogens with zero attached hydrogens (tertiary/aromatic N) is 3. The van der Waals surface area contributed by atoms with Gasteiger partial charge in [0.15, 0.2) is 23.1 Å². The van der Waals surface area contributed by atoms with E-state index in [-0.39, 0.29) is 5.69 Å². The fourth-order valence-corrected chi connectivity index (χ4v) is 4.11. The molecule has 9 nitrogen and oxygen atoms in total. The van der Waals surface area contributed by atoms with E-state index < -0.39 is 24.5 Å². The van der Waals surface area contributed by atoms with Crippen molar-refractivity contribution in [2.45, 2.75) is 13.8 Å². The largest absolute Gasteiger partial charge is 0.465 e. The van der Waals surface area contributed by atoms with E-state index in [0.29, 0.717) is 21.4 Å². The summed E-state index contributed by atoms with van der Waals surface area (Å²) in [6.45, 7) is 3.08. The highest BCUT2D eigenvalue weighted by Crippen LogP contribution is 2.32. The predicted octanol–water partition coefficient (Wildman–Crippen LogP) is 2.86. The molecular formula is C18H16N4O5S2. The number of methoxy groups -OCH3 is 1. The Bertz CT molecular complexity index is 1060. The Morgan fingerprint density at radius 3 is 2.55 bits per heavy atom. The SMILES string of the molecule is COC(=O)c1c(NC(=O)COC(=O)c2csc(-c3ncccn3)n2)sc(C)c1C. The molecule has 0 aliphatic carbocycles. The molecule has 3 rings (SSSR count). The van der Waals surface area contributed by atoms with Gasteiger partial charge in [-0.15, -0.1) is 22.7 Å². The van der Waals surface area contributed by atoms with E-state index in [4.69, 9.17) is 9.47 Å². The van der Waals surface area contributed by atoms with Crippen molar-refractivity contribution in [3.8, 4) is 10.8 Å². The number of esters is 2. The number of anilines is 1. The molecule has 0 saturated heterocycles. The monoisotopic (exact) mass is 432 g/mol. The Morgan fingerprint density at radius 2 is 1.86 bits per heavy atom. The summed E-state index contributed by atoms with van der Waals surface area (Å²) in [6.07, 6.45) is 3.14. The van der Waals surface area contributed by atoms with Gasteiger partial charge in [-0.2, -0.15) is 0 Å². The van der Waals surface area contributed by atoms with Gasteiger partial charge in [-0.1, -0.05) is 0 Å². The highest BCUT2D eigenvalue weighted by atomic mass is 32.1. The van der Waals surface area contributed by atoms with Crippen LogP contribution in [0, 0.1) is 13.8 Å². The summed E-state index contributed by atoms with van der Waals surface area (Å²) in [5.41, 5.74) is 1.08. The number of hydrogen-bond donors (Lipinski definition) is 1. The van der Waals surface area contributed by atoms with E-state index in [0.717, 1.165) is 10.4 Å². The highest BCUT2D eigenvalue weighted by Gasteiger charge is 2.22. The Balaban J connectivity index is 1.62. The number of aryl methyl sites for hydroxylation is 1. The molecule has 0 spiro atoms. The first-order valence-corrected chi connectivity index (χ1v) is 9.98. The van der Waals surface area contributed by atoms with Crippen molar-refractivity contribution >= 4 is 45.5 Å². The Labute approximate surface area is 173 Å². The molecular weight excluding hydrogens is 416 g/mol. The summed E-state index contributed by atoms with van der Waals surface area (Å²) in [7, 11) is 1.27. The van der Waals surface area contributed by atoms with E-state index in [1.54, 1.807) is 25.4 Å². The second kappa shape index (κ2) is 8.88. The summed E-state index contributed by atoms with van der Waals surface area (Å²) >= 11 is 2.44. The number of aromatic nitrogens is 3. The third-order valence-corrected chi connectivity index (χ3v) is 5.79. The third kappa shape index (κ3) is 4.63. The molecule has 0 fully saturated rings. The number of thiazole rings is 1. The molecule has 3 heterocycles. The van der Waals surface area contributed by atoms with Crippen molar-refractivity contribution in [3.63, 3.8) is 0 Å². The van der Waals surface area contributed by atoms with Gasteiger partial charge in [0.25, 0.3) is 5.91 Å². The highest BCUT2D eigenvalue weighted by molar-refractivity contribution is 7.16. The predicted molar refractivity (Wildman–Crippen MR) is 107 cm³/mol. The van der Waals surface area contributed by atoms with Crippen molar-refractivity contribution in [3.05, 3.63) is 45.5 Å². The van der Waals surface area contributed by atoms with Gasteiger partial charge in [0.05, 0.1) is 12.7 Å². The summed E-state index contributed by atoms with van der Waals surface area (Å²) in [5, 5.41) is 4.92. The maximum Gasteiger partial charge on any atom is 0.358 e. The van der Waals surface area contributed by atoms with Gasteiger partial charge < -0.3 is 14.8 Å². The second-order valence-electron chi connectivity index (χ2n) is 5.71. The van der Waals surface area contributed by atoms with E-state index in [2.05, 4.69) is 20.3 Å². The van der Waals surface area contributed by atoms with Gasteiger partial charge in [0.1, 0.15) is 5.00 Å². The van der Waals surface area contributed by atoms with Crippen LogP contribution in [0.5, 0.6) is 0 Å². The Morgan fingerprint density at radius 1 is 1.14 bits per heavy atom. The normalized spacial score (nSPS) is 10.4. The van der Waals surface area contributed by atoms with Crippen molar-refractivity contribution < 1.29 is 23.9 Å². The standard InChI is InChI=1S/C18H16N4O5S2/c1-9-10(2)29-15(13(9)18(25)26-3)22-12(23)7-27-17(24)11-8-28-16(21-11)14-19-5-4-6-20-14/h4-6,8H,7H2,1-3H3,(H,22,23). The molecule has 3 aromatic rings. The molecule has 0 aliphatic rings. The number of carbonyl (C=O) groups excluding carboxylic acids is 3. The smallest absolute Gasteiger partial charge is 0.358 e. The van der Waals surface area contributed by atoms with Crippen LogP contribution in [0.3, 0.4) is 0 Å². The molecule has 150 valence electrons. The summed E-state index contributed by atoms with van der Waals surface area (Å²) in [4.78, 5) is 49.4. The first-order valence-electron chi connectivity index (χ1n) is 8.29. The molecule has 0 unspecified atom stereocenters. The van der Waals surface area contributed by atoms with E-state index in [1.165, 1.54) is 35.2 Å². The number of ether oxygens (including phenoxy) is 2. The van der Waals surface area contributed by atoms with Crippen LogP contribution in [-0.4, -0.2) is 46.5 Å². The maximum absolute atomic E-state index is 12.2. The van der Waals surface area contributed by atoms with Crippen molar-refractivity contribution in [1.82, 2.24) is 15.0 Å². The topological polar surface area (TPSA) is 120 Å². The molecule has 3 aromatic heterocycles. The lowest BCUT2D eigenvalue weighted by atomic mass is 10.1. The van der Waals surface area contributed by atoms with Gasteiger partial charge in [0.2, 0.25) is 0 Å². The third-order valence-electron chi connectivity index (χ3n) is 3.83. The number of nitrogens with one attached hydrogen (secondary N) is 1. The Kier molecular flexibility index (Phi) is 6.29. The van der Waals surface area contributed by atoms with Crippen molar-refractivity contribution in [2.75, 3.05) is 19.0 Å².